The van der Waals surface area contributed by atoms with Crippen molar-refractivity contribution < 1.29 is 4.79 Å². The number of amides is 1. The van der Waals surface area contributed by atoms with Gasteiger partial charge in [-0.2, -0.15) is 0 Å². The van der Waals surface area contributed by atoms with Gasteiger partial charge in [0.15, 0.2) is 0 Å². The van der Waals surface area contributed by atoms with Crippen molar-refractivity contribution >= 4 is 22.9 Å². The number of nitrogens with one attached hydrogen (secondary N) is 1. The molecule has 0 aliphatic rings. The fraction of sp³-hybridized carbons (Fsp3) is 0.375. The summed E-state index contributed by atoms with van der Waals surface area (Å²) in [5.74, 6) is -0.172. The van der Waals surface area contributed by atoms with E-state index < -0.39 is 6.04 Å². The maximum absolute atomic E-state index is 12.2. The SMILES string of the molecule is Cc1nc(-c2cccc(NC(=O)[C@@H](N)C(C)(C)C)c2)cs1. The van der Waals surface area contributed by atoms with E-state index in [0.29, 0.717) is 0 Å². The molecule has 21 heavy (non-hydrogen) atoms. The Kier molecular flexibility index (Phi) is 4.44. The van der Waals surface area contributed by atoms with Gasteiger partial charge in [0, 0.05) is 16.6 Å². The monoisotopic (exact) mass is 303 g/mol. The van der Waals surface area contributed by atoms with Crippen LogP contribution in [-0.4, -0.2) is 16.9 Å². The highest BCUT2D eigenvalue weighted by Crippen LogP contribution is 2.25. The van der Waals surface area contributed by atoms with Gasteiger partial charge in [-0.3, -0.25) is 4.79 Å². The number of thiazole rings is 1. The number of benzene rings is 1. The summed E-state index contributed by atoms with van der Waals surface area (Å²) >= 11 is 1.61. The van der Waals surface area contributed by atoms with Gasteiger partial charge in [-0.15, -0.1) is 11.3 Å². The highest BCUT2D eigenvalue weighted by molar-refractivity contribution is 7.09. The molecule has 0 spiro atoms. The number of carbonyl (C=O) groups is 1. The zero-order chi connectivity index (χ0) is 15.6. The summed E-state index contributed by atoms with van der Waals surface area (Å²) in [7, 11) is 0. The normalized spacial score (nSPS) is 13.0. The third-order valence-electron chi connectivity index (χ3n) is 3.26. The lowest BCUT2D eigenvalue weighted by Gasteiger charge is -2.25. The lowest BCUT2D eigenvalue weighted by atomic mass is 9.87. The average Bonchev–Trinajstić information content (AvgIpc) is 2.84. The average molecular weight is 303 g/mol. The third kappa shape index (κ3) is 3.89. The Balaban J connectivity index is 2.17. The van der Waals surface area contributed by atoms with Crippen LogP contribution in [0.2, 0.25) is 0 Å². The van der Waals surface area contributed by atoms with Crippen molar-refractivity contribution in [3.05, 3.63) is 34.7 Å². The van der Waals surface area contributed by atoms with Gasteiger partial charge in [0.1, 0.15) is 0 Å². The number of hydrogen-bond acceptors (Lipinski definition) is 4. The fourth-order valence-electron chi connectivity index (χ4n) is 1.87. The Labute approximate surface area is 129 Å². The summed E-state index contributed by atoms with van der Waals surface area (Å²) in [5, 5.41) is 5.91. The summed E-state index contributed by atoms with van der Waals surface area (Å²) in [6.45, 7) is 7.82. The Bertz CT molecular complexity index is 643. The second kappa shape index (κ2) is 5.95. The van der Waals surface area contributed by atoms with Crippen molar-refractivity contribution in [3.63, 3.8) is 0 Å². The molecule has 0 saturated heterocycles. The van der Waals surface area contributed by atoms with E-state index in [2.05, 4.69) is 10.3 Å². The second-order valence-corrected chi connectivity index (χ2v) is 7.23. The van der Waals surface area contributed by atoms with Crippen molar-refractivity contribution in [1.29, 1.82) is 0 Å². The molecule has 3 N–H and O–H groups in total. The third-order valence-corrected chi connectivity index (χ3v) is 4.03. The summed E-state index contributed by atoms with van der Waals surface area (Å²) in [5.41, 5.74) is 8.35. The molecule has 112 valence electrons. The van der Waals surface area contributed by atoms with Crippen LogP contribution in [0, 0.1) is 12.3 Å². The van der Waals surface area contributed by atoms with Crippen LogP contribution in [0.25, 0.3) is 11.3 Å². The first-order chi connectivity index (χ1) is 9.77. The van der Waals surface area contributed by atoms with Gasteiger partial charge in [-0.25, -0.2) is 4.98 Å². The number of anilines is 1. The Hall–Kier alpha value is -1.72. The molecule has 0 bridgehead atoms. The number of hydrogen-bond donors (Lipinski definition) is 2. The van der Waals surface area contributed by atoms with Crippen LogP contribution in [0.3, 0.4) is 0 Å². The van der Waals surface area contributed by atoms with E-state index in [1.54, 1.807) is 11.3 Å². The number of nitrogens with zero attached hydrogens (tertiary/aromatic N) is 1. The van der Waals surface area contributed by atoms with Crippen LogP contribution < -0.4 is 11.1 Å². The quantitative estimate of drug-likeness (QED) is 0.912. The predicted molar refractivity (Wildman–Crippen MR) is 88.3 cm³/mol. The van der Waals surface area contributed by atoms with Gasteiger partial charge < -0.3 is 11.1 Å². The van der Waals surface area contributed by atoms with E-state index in [4.69, 9.17) is 5.73 Å². The van der Waals surface area contributed by atoms with Gasteiger partial charge in [-0.1, -0.05) is 32.9 Å². The number of nitrogens with two attached hydrogens (primary N) is 1. The molecule has 4 nitrogen and oxygen atoms in total. The minimum atomic E-state index is -0.553. The molecule has 1 amide bonds. The van der Waals surface area contributed by atoms with Crippen molar-refractivity contribution in [3.8, 4) is 11.3 Å². The van der Waals surface area contributed by atoms with Crippen molar-refractivity contribution in [2.24, 2.45) is 11.1 Å². The molecular weight excluding hydrogens is 282 g/mol. The van der Waals surface area contributed by atoms with Gasteiger partial charge in [0.05, 0.1) is 16.7 Å². The maximum atomic E-state index is 12.2. The molecule has 0 fully saturated rings. The summed E-state index contributed by atoms with van der Waals surface area (Å²) in [6.07, 6.45) is 0. The lowest BCUT2D eigenvalue weighted by molar-refractivity contribution is -0.119. The van der Waals surface area contributed by atoms with Crippen LogP contribution in [0.15, 0.2) is 29.6 Å². The number of carbonyl (C=O) groups excluding carboxylic acids is 1. The van der Waals surface area contributed by atoms with E-state index in [0.717, 1.165) is 22.0 Å². The number of rotatable bonds is 3. The van der Waals surface area contributed by atoms with E-state index in [-0.39, 0.29) is 11.3 Å². The van der Waals surface area contributed by atoms with E-state index in [9.17, 15) is 4.79 Å². The first-order valence-corrected chi connectivity index (χ1v) is 7.74. The van der Waals surface area contributed by atoms with E-state index in [1.807, 2.05) is 57.3 Å². The molecule has 2 aromatic rings. The van der Waals surface area contributed by atoms with Crippen LogP contribution in [-0.2, 0) is 4.79 Å². The summed E-state index contributed by atoms with van der Waals surface area (Å²) in [6, 6.07) is 7.11. The summed E-state index contributed by atoms with van der Waals surface area (Å²) in [4.78, 5) is 16.6. The Morgan fingerprint density at radius 1 is 1.38 bits per heavy atom. The van der Waals surface area contributed by atoms with Crippen molar-refractivity contribution in [2.75, 3.05) is 5.32 Å². The topological polar surface area (TPSA) is 68.0 Å². The molecular formula is C16H21N3OS. The molecule has 0 saturated carbocycles. The van der Waals surface area contributed by atoms with Crippen LogP contribution in [0.4, 0.5) is 5.69 Å². The van der Waals surface area contributed by atoms with Crippen molar-refractivity contribution in [2.45, 2.75) is 33.7 Å². The molecule has 0 aliphatic carbocycles. The van der Waals surface area contributed by atoms with Gasteiger partial charge in [0.25, 0.3) is 0 Å². The zero-order valence-electron chi connectivity index (χ0n) is 12.8. The molecule has 1 aromatic heterocycles. The lowest BCUT2D eigenvalue weighted by Crippen LogP contribution is -2.45. The fourth-order valence-corrected chi connectivity index (χ4v) is 2.49. The Morgan fingerprint density at radius 2 is 2.10 bits per heavy atom. The first kappa shape index (κ1) is 15.7. The van der Waals surface area contributed by atoms with Crippen LogP contribution in [0.5, 0.6) is 0 Å². The van der Waals surface area contributed by atoms with Crippen LogP contribution in [0.1, 0.15) is 25.8 Å². The second-order valence-electron chi connectivity index (χ2n) is 6.17. The molecule has 1 heterocycles. The van der Waals surface area contributed by atoms with E-state index in [1.165, 1.54) is 0 Å². The molecule has 5 heteroatoms. The molecule has 0 unspecified atom stereocenters. The van der Waals surface area contributed by atoms with Gasteiger partial charge >= 0.3 is 0 Å². The smallest absolute Gasteiger partial charge is 0.241 e. The van der Waals surface area contributed by atoms with Crippen molar-refractivity contribution in [1.82, 2.24) is 4.98 Å². The van der Waals surface area contributed by atoms with Gasteiger partial charge in [0.2, 0.25) is 5.91 Å². The maximum Gasteiger partial charge on any atom is 0.241 e. The standard InChI is InChI=1S/C16H21N3OS/c1-10-18-13(9-21-10)11-6-5-7-12(8-11)19-15(20)14(17)16(2,3)4/h5-9,14H,17H2,1-4H3,(H,19,20)/t14-/m1/s1. The number of aryl methyl sites for hydroxylation is 1. The zero-order valence-corrected chi connectivity index (χ0v) is 13.6. The van der Waals surface area contributed by atoms with Gasteiger partial charge in [-0.05, 0) is 24.5 Å². The molecule has 1 aromatic carbocycles. The molecule has 1 atom stereocenters. The largest absolute Gasteiger partial charge is 0.325 e. The predicted octanol–water partition coefficient (Wildman–Crippen LogP) is 3.43. The van der Waals surface area contributed by atoms with E-state index >= 15 is 0 Å². The molecule has 0 aliphatic heterocycles. The minimum absolute atomic E-state index is 0.172. The summed E-state index contributed by atoms with van der Waals surface area (Å²) < 4.78 is 0. The highest BCUT2D eigenvalue weighted by Gasteiger charge is 2.27. The highest BCUT2D eigenvalue weighted by atomic mass is 32.1. The Morgan fingerprint density at radius 3 is 2.67 bits per heavy atom. The number of aromatic nitrogens is 1. The molecule has 0 radical (unpaired) electrons. The first-order valence-electron chi connectivity index (χ1n) is 6.86. The minimum Gasteiger partial charge on any atom is -0.325 e. The van der Waals surface area contributed by atoms with Crippen LogP contribution >= 0.6 is 11.3 Å². The molecule has 2 rings (SSSR count).